The van der Waals surface area contributed by atoms with E-state index < -0.39 is 5.97 Å². The highest BCUT2D eigenvalue weighted by molar-refractivity contribution is 6.04. The highest BCUT2D eigenvalue weighted by Crippen LogP contribution is 2.32. The molecule has 1 N–H and O–H groups in total. The molecule has 0 amide bonds. The molecule has 0 atom stereocenters. The highest BCUT2D eigenvalue weighted by Gasteiger charge is 2.12. The largest absolute Gasteiger partial charge is 0.492 e. The molecule has 4 aromatic rings. The van der Waals surface area contributed by atoms with E-state index in [1.54, 1.807) is 30.5 Å². The summed E-state index contributed by atoms with van der Waals surface area (Å²) < 4.78 is 12.1. The summed E-state index contributed by atoms with van der Waals surface area (Å²) in [5.41, 5.74) is 1.08. The molecule has 2 heterocycles. The lowest BCUT2D eigenvalue weighted by molar-refractivity contribution is 0.0699. The third-order valence-corrected chi connectivity index (χ3v) is 5.86. The molecule has 1 aliphatic rings. The first-order valence-corrected chi connectivity index (χ1v) is 10.9. The van der Waals surface area contributed by atoms with Crippen LogP contribution >= 0.6 is 0 Å². The maximum Gasteiger partial charge on any atom is 0.336 e. The number of hydrogen-bond donors (Lipinski definition) is 1. The Hall–Kier alpha value is -3.64. The number of carbonyl (C=O) groups is 1. The summed E-state index contributed by atoms with van der Waals surface area (Å²) in [6, 6.07) is 18.3. The van der Waals surface area contributed by atoms with E-state index >= 15 is 0 Å². The minimum Gasteiger partial charge on any atom is -0.492 e. The fraction of sp³-hybridized carbons (Fsp3) is 0.231. The van der Waals surface area contributed by atoms with Crippen LogP contribution in [0.4, 0.5) is 0 Å². The maximum absolute atomic E-state index is 11.4. The first-order chi connectivity index (χ1) is 15.7. The standard InChI is InChI=1S/C26H24N2O4/c29-26(30)22-5-3-4-18-16-20(7-8-21(18)22)32-25-10-11-27-24-17-19(6-9-23(24)25)31-15-14-28-12-1-2-13-28/h3-11,16-17H,1-2,12-15H2,(H,29,30). The van der Waals surface area contributed by atoms with Crippen LogP contribution in [0.3, 0.4) is 0 Å². The molecule has 1 aliphatic heterocycles. The fourth-order valence-corrected chi connectivity index (χ4v) is 4.22. The molecule has 0 saturated carbocycles. The molecule has 6 nitrogen and oxygen atoms in total. The number of fused-ring (bicyclic) bond motifs is 2. The van der Waals surface area contributed by atoms with Gasteiger partial charge in [0.05, 0.1) is 11.1 Å². The van der Waals surface area contributed by atoms with Crippen LogP contribution in [0.25, 0.3) is 21.7 Å². The van der Waals surface area contributed by atoms with Gasteiger partial charge in [0.1, 0.15) is 23.9 Å². The molecule has 5 rings (SSSR count). The normalized spacial score (nSPS) is 14.1. The second-order valence-electron chi connectivity index (χ2n) is 7.98. The van der Waals surface area contributed by atoms with Gasteiger partial charge in [-0.1, -0.05) is 12.1 Å². The third-order valence-electron chi connectivity index (χ3n) is 5.86. The molecule has 162 valence electrons. The highest BCUT2D eigenvalue weighted by atomic mass is 16.5. The summed E-state index contributed by atoms with van der Waals surface area (Å²) in [5, 5.41) is 11.8. The molecule has 1 fully saturated rings. The quantitative estimate of drug-likeness (QED) is 0.428. The van der Waals surface area contributed by atoms with Gasteiger partial charge in [-0.2, -0.15) is 0 Å². The number of aromatic carboxylic acids is 1. The number of carboxylic acid groups (broad SMARTS) is 1. The first kappa shape index (κ1) is 20.3. The van der Waals surface area contributed by atoms with E-state index in [1.807, 2.05) is 36.4 Å². The van der Waals surface area contributed by atoms with Gasteiger partial charge in [0, 0.05) is 24.2 Å². The van der Waals surface area contributed by atoms with Crippen molar-refractivity contribution in [2.75, 3.05) is 26.2 Å². The number of benzene rings is 3. The number of likely N-dealkylation sites (tertiary alicyclic amines) is 1. The van der Waals surface area contributed by atoms with Crippen LogP contribution in [0.15, 0.2) is 66.9 Å². The van der Waals surface area contributed by atoms with Gasteiger partial charge in [-0.15, -0.1) is 0 Å². The number of hydrogen-bond acceptors (Lipinski definition) is 5. The van der Waals surface area contributed by atoms with Crippen LogP contribution in [0, 0.1) is 0 Å². The van der Waals surface area contributed by atoms with Crippen molar-refractivity contribution in [2.45, 2.75) is 12.8 Å². The molecular formula is C26H24N2O4. The van der Waals surface area contributed by atoms with E-state index in [0.717, 1.165) is 41.7 Å². The van der Waals surface area contributed by atoms with Crippen LogP contribution in [0.1, 0.15) is 23.2 Å². The maximum atomic E-state index is 11.4. The van der Waals surface area contributed by atoms with Crippen molar-refractivity contribution in [1.82, 2.24) is 9.88 Å². The molecule has 1 aromatic heterocycles. The third kappa shape index (κ3) is 4.22. The van der Waals surface area contributed by atoms with Crippen LogP contribution in [-0.2, 0) is 0 Å². The zero-order valence-corrected chi connectivity index (χ0v) is 17.7. The van der Waals surface area contributed by atoms with Crippen molar-refractivity contribution in [3.05, 3.63) is 72.4 Å². The predicted octanol–water partition coefficient (Wildman–Crippen LogP) is 5.35. The van der Waals surface area contributed by atoms with Gasteiger partial charge in [0.25, 0.3) is 0 Å². The average molecular weight is 428 g/mol. The molecule has 0 bridgehead atoms. The average Bonchev–Trinajstić information content (AvgIpc) is 3.32. The summed E-state index contributed by atoms with van der Waals surface area (Å²) in [6.45, 7) is 3.93. The zero-order chi connectivity index (χ0) is 21.9. The molecular weight excluding hydrogens is 404 g/mol. The monoisotopic (exact) mass is 428 g/mol. The Morgan fingerprint density at radius 1 is 0.969 bits per heavy atom. The Balaban J connectivity index is 1.35. The molecule has 6 heteroatoms. The molecule has 1 saturated heterocycles. The van der Waals surface area contributed by atoms with Gasteiger partial charge in [0.15, 0.2) is 0 Å². The lowest BCUT2D eigenvalue weighted by Gasteiger charge is -2.15. The van der Waals surface area contributed by atoms with Crippen molar-refractivity contribution in [3.63, 3.8) is 0 Å². The number of carboxylic acids is 1. The van der Waals surface area contributed by atoms with Crippen LogP contribution < -0.4 is 9.47 Å². The Kier molecular flexibility index (Phi) is 5.60. The van der Waals surface area contributed by atoms with Gasteiger partial charge < -0.3 is 14.6 Å². The molecule has 0 radical (unpaired) electrons. The van der Waals surface area contributed by atoms with Crippen molar-refractivity contribution >= 4 is 27.6 Å². The topological polar surface area (TPSA) is 71.9 Å². The van der Waals surface area contributed by atoms with Crippen LogP contribution in [0.5, 0.6) is 17.2 Å². The van der Waals surface area contributed by atoms with Crippen molar-refractivity contribution in [1.29, 1.82) is 0 Å². The van der Waals surface area contributed by atoms with E-state index in [-0.39, 0.29) is 5.56 Å². The second-order valence-corrected chi connectivity index (χ2v) is 7.98. The Labute approximate surface area is 186 Å². The first-order valence-electron chi connectivity index (χ1n) is 10.9. The van der Waals surface area contributed by atoms with Gasteiger partial charge in [0.2, 0.25) is 0 Å². The summed E-state index contributed by atoms with van der Waals surface area (Å²) in [5.74, 6) is 1.18. The number of aromatic nitrogens is 1. The Morgan fingerprint density at radius 3 is 2.62 bits per heavy atom. The van der Waals surface area contributed by atoms with E-state index in [2.05, 4.69) is 9.88 Å². The van der Waals surface area contributed by atoms with Gasteiger partial charge in [-0.3, -0.25) is 9.88 Å². The zero-order valence-electron chi connectivity index (χ0n) is 17.7. The van der Waals surface area contributed by atoms with Gasteiger partial charge in [-0.25, -0.2) is 4.79 Å². The lowest BCUT2D eigenvalue weighted by atomic mass is 10.0. The SMILES string of the molecule is O=C(O)c1cccc2cc(Oc3ccnc4cc(OCCN5CCCC5)ccc34)ccc12. The Bertz CT molecular complexity index is 1280. The van der Waals surface area contributed by atoms with Crippen LogP contribution in [0.2, 0.25) is 0 Å². The van der Waals surface area contributed by atoms with E-state index in [9.17, 15) is 9.90 Å². The van der Waals surface area contributed by atoms with E-state index in [1.165, 1.54) is 12.8 Å². The lowest BCUT2D eigenvalue weighted by Crippen LogP contribution is -2.25. The minimum absolute atomic E-state index is 0.278. The van der Waals surface area contributed by atoms with E-state index in [0.29, 0.717) is 23.5 Å². The summed E-state index contributed by atoms with van der Waals surface area (Å²) in [4.78, 5) is 18.3. The summed E-state index contributed by atoms with van der Waals surface area (Å²) in [7, 11) is 0. The number of ether oxygens (including phenoxy) is 2. The summed E-state index contributed by atoms with van der Waals surface area (Å²) in [6.07, 6.45) is 4.27. The van der Waals surface area contributed by atoms with Crippen molar-refractivity contribution in [3.8, 4) is 17.2 Å². The minimum atomic E-state index is -0.942. The summed E-state index contributed by atoms with van der Waals surface area (Å²) >= 11 is 0. The van der Waals surface area contributed by atoms with E-state index in [4.69, 9.17) is 9.47 Å². The number of rotatable bonds is 7. The second kappa shape index (κ2) is 8.85. The van der Waals surface area contributed by atoms with Gasteiger partial charge in [-0.05, 0) is 79.2 Å². The molecule has 0 aliphatic carbocycles. The molecule has 3 aromatic carbocycles. The molecule has 0 spiro atoms. The predicted molar refractivity (Wildman–Crippen MR) is 124 cm³/mol. The van der Waals surface area contributed by atoms with Crippen molar-refractivity contribution < 1.29 is 19.4 Å². The smallest absolute Gasteiger partial charge is 0.336 e. The van der Waals surface area contributed by atoms with Crippen molar-refractivity contribution in [2.24, 2.45) is 0 Å². The van der Waals surface area contributed by atoms with Gasteiger partial charge >= 0.3 is 5.97 Å². The number of pyridine rings is 1. The number of nitrogens with zero attached hydrogens (tertiary/aromatic N) is 2. The van der Waals surface area contributed by atoms with Crippen LogP contribution in [-0.4, -0.2) is 47.2 Å². The Morgan fingerprint density at radius 2 is 1.78 bits per heavy atom. The fourth-order valence-electron chi connectivity index (χ4n) is 4.22. The molecule has 32 heavy (non-hydrogen) atoms. The molecule has 0 unspecified atom stereocenters.